The number of aliphatic imine (C=N–C) groups is 1. The number of methoxy groups -OCH3 is 2. The highest BCUT2D eigenvalue weighted by Gasteiger charge is 2.24. The van der Waals surface area contributed by atoms with Crippen LogP contribution in [0.15, 0.2) is 46.3 Å². The van der Waals surface area contributed by atoms with Crippen molar-refractivity contribution in [3.8, 4) is 11.5 Å². The molecule has 0 atom stereocenters. The highest BCUT2D eigenvalue weighted by atomic mass is 32.2. The van der Waals surface area contributed by atoms with Crippen LogP contribution in [0.2, 0.25) is 0 Å². The van der Waals surface area contributed by atoms with Crippen molar-refractivity contribution < 1.29 is 14.3 Å². The van der Waals surface area contributed by atoms with Crippen LogP contribution in [0.4, 0.5) is 5.69 Å². The van der Waals surface area contributed by atoms with E-state index in [1.807, 2.05) is 56.3 Å². The predicted molar refractivity (Wildman–Crippen MR) is 106 cm³/mol. The number of hydrogen-bond acceptors (Lipinski definition) is 5. The molecule has 6 heteroatoms. The summed E-state index contributed by atoms with van der Waals surface area (Å²) in [6.45, 7) is 3.96. The molecule has 1 fully saturated rings. The average molecular weight is 368 g/mol. The molecule has 2 aromatic carbocycles. The fourth-order valence-electron chi connectivity index (χ4n) is 2.62. The van der Waals surface area contributed by atoms with E-state index >= 15 is 0 Å². The molecule has 0 aliphatic carbocycles. The van der Waals surface area contributed by atoms with E-state index in [2.05, 4.69) is 10.3 Å². The first kappa shape index (κ1) is 18.1. The number of aryl methyl sites for hydroxylation is 2. The van der Waals surface area contributed by atoms with Crippen LogP contribution < -0.4 is 14.8 Å². The Bertz CT molecular complexity index is 919. The number of benzene rings is 2. The van der Waals surface area contributed by atoms with Crippen LogP contribution in [0, 0.1) is 13.8 Å². The minimum atomic E-state index is -0.158. The van der Waals surface area contributed by atoms with Gasteiger partial charge >= 0.3 is 0 Å². The number of amides is 1. The van der Waals surface area contributed by atoms with Crippen LogP contribution in [0.1, 0.15) is 16.7 Å². The van der Waals surface area contributed by atoms with E-state index in [-0.39, 0.29) is 5.91 Å². The van der Waals surface area contributed by atoms with Gasteiger partial charge in [-0.25, -0.2) is 4.99 Å². The third kappa shape index (κ3) is 3.91. The Morgan fingerprint density at radius 3 is 2.46 bits per heavy atom. The fourth-order valence-corrected chi connectivity index (χ4v) is 3.45. The maximum Gasteiger partial charge on any atom is 0.264 e. The maximum absolute atomic E-state index is 12.3. The molecule has 1 amide bonds. The zero-order valence-corrected chi connectivity index (χ0v) is 15.9. The summed E-state index contributed by atoms with van der Waals surface area (Å²) in [7, 11) is 3.25. The number of carbonyl (C=O) groups is 1. The van der Waals surface area contributed by atoms with Crippen molar-refractivity contribution in [3.05, 3.63) is 58.0 Å². The van der Waals surface area contributed by atoms with Crippen molar-refractivity contribution in [1.29, 1.82) is 0 Å². The molecule has 1 heterocycles. The molecule has 0 spiro atoms. The lowest BCUT2D eigenvalue weighted by Crippen LogP contribution is -2.19. The third-order valence-electron chi connectivity index (χ3n) is 3.92. The molecule has 0 aromatic heterocycles. The molecule has 1 N–H and O–H groups in total. The summed E-state index contributed by atoms with van der Waals surface area (Å²) >= 11 is 1.31. The summed E-state index contributed by atoms with van der Waals surface area (Å²) in [6.07, 6.45) is 1.85. The highest BCUT2D eigenvalue weighted by Crippen LogP contribution is 2.33. The van der Waals surface area contributed by atoms with Crippen LogP contribution in [0.3, 0.4) is 0 Å². The second kappa shape index (κ2) is 7.66. The first-order valence-corrected chi connectivity index (χ1v) is 8.90. The van der Waals surface area contributed by atoms with Crippen LogP contribution in [-0.2, 0) is 4.79 Å². The number of amidine groups is 1. The van der Waals surface area contributed by atoms with E-state index < -0.39 is 0 Å². The first-order chi connectivity index (χ1) is 12.5. The van der Waals surface area contributed by atoms with Gasteiger partial charge in [-0.2, -0.15) is 0 Å². The molecule has 0 radical (unpaired) electrons. The number of carbonyl (C=O) groups excluding carboxylic acids is 1. The monoisotopic (exact) mass is 368 g/mol. The Morgan fingerprint density at radius 1 is 1.04 bits per heavy atom. The van der Waals surface area contributed by atoms with Gasteiger partial charge in [0.1, 0.15) is 17.2 Å². The molecular weight excluding hydrogens is 348 g/mol. The first-order valence-electron chi connectivity index (χ1n) is 8.09. The normalized spacial score (nSPS) is 16.8. The van der Waals surface area contributed by atoms with Crippen LogP contribution >= 0.6 is 11.8 Å². The van der Waals surface area contributed by atoms with Gasteiger partial charge in [0, 0.05) is 0 Å². The number of thioether (sulfide) groups is 1. The summed E-state index contributed by atoms with van der Waals surface area (Å²) < 4.78 is 10.6. The van der Waals surface area contributed by atoms with E-state index in [0.29, 0.717) is 21.5 Å². The summed E-state index contributed by atoms with van der Waals surface area (Å²) in [4.78, 5) is 17.4. The van der Waals surface area contributed by atoms with Gasteiger partial charge in [0.2, 0.25) is 0 Å². The summed E-state index contributed by atoms with van der Waals surface area (Å²) in [5.74, 6) is 1.33. The molecule has 0 saturated carbocycles. The topological polar surface area (TPSA) is 59.9 Å². The zero-order valence-electron chi connectivity index (χ0n) is 15.1. The van der Waals surface area contributed by atoms with E-state index in [1.54, 1.807) is 14.2 Å². The summed E-state index contributed by atoms with van der Waals surface area (Å²) in [5, 5.41) is 3.34. The van der Waals surface area contributed by atoms with Crippen LogP contribution in [0.25, 0.3) is 6.08 Å². The number of hydrogen-bond donors (Lipinski definition) is 1. The van der Waals surface area contributed by atoms with Gasteiger partial charge in [-0.1, -0.05) is 12.1 Å². The van der Waals surface area contributed by atoms with Gasteiger partial charge in [0.25, 0.3) is 5.91 Å². The van der Waals surface area contributed by atoms with Gasteiger partial charge < -0.3 is 14.8 Å². The summed E-state index contributed by atoms with van der Waals surface area (Å²) in [6, 6.07) is 11.6. The second-order valence-corrected chi connectivity index (χ2v) is 6.92. The minimum Gasteiger partial charge on any atom is -0.496 e. The zero-order chi connectivity index (χ0) is 18.7. The number of nitrogens with zero attached hydrogens (tertiary/aromatic N) is 1. The number of ether oxygens (including phenoxy) is 2. The van der Waals surface area contributed by atoms with E-state index in [0.717, 1.165) is 22.4 Å². The smallest absolute Gasteiger partial charge is 0.264 e. The fraction of sp³-hybridized carbons (Fsp3) is 0.200. The van der Waals surface area contributed by atoms with Gasteiger partial charge in [-0.15, -0.1) is 0 Å². The van der Waals surface area contributed by atoms with Crippen molar-refractivity contribution in [3.63, 3.8) is 0 Å². The molecule has 1 aliphatic heterocycles. The molecule has 0 bridgehead atoms. The van der Waals surface area contributed by atoms with E-state index in [4.69, 9.17) is 9.47 Å². The Kier molecular flexibility index (Phi) is 5.32. The molecule has 2 aromatic rings. The van der Waals surface area contributed by atoms with Gasteiger partial charge in [-0.05, 0) is 72.6 Å². The third-order valence-corrected chi connectivity index (χ3v) is 4.83. The Labute approximate surface area is 157 Å². The second-order valence-electron chi connectivity index (χ2n) is 5.89. The summed E-state index contributed by atoms with van der Waals surface area (Å²) in [5.41, 5.74) is 3.72. The largest absolute Gasteiger partial charge is 0.496 e. The molecule has 1 saturated heterocycles. The standard InChI is InChI=1S/C20H20N2O3S/c1-12-5-7-17(25-4)15(9-12)21-20-22-19(23)18(26-20)11-14-6-8-16(24-3)13(2)10-14/h5-11H,1-4H3,(H,21,22,23)/b18-11-. The molecule has 1 aliphatic rings. The molecule has 0 unspecified atom stereocenters. The van der Waals surface area contributed by atoms with Crippen LogP contribution in [-0.4, -0.2) is 25.3 Å². The van der Waals surface area contributed by atoms with Gasteiger partial charge in [-0.3, -0.25) is 4.79 Å². The van der Waals surface area contributed by atoms with Gasteiger partial charge in [0.15, 0.2) is 5.17 Å². The van der Waals surface area contributed by atoms with Crippen LogP contribution in [0.5, 0.6) is 11.5 Å². The van der Waals surface area contributed by atoms with Crippen molar-refractivity contribution in [2.75, 3.05) is 14.2 Å². The minimum absolute atomic E-state index is 0.158. The van der Waals surface area contributed by atoms with E-state index in [1.165, 1.54) is 11.8 Å². The molecule has 3 rings (SSSR count). The Morgan fingerprint density at radius 2 is 1.77 bits per heavy atom. The molecule has 26 heavy (non-hydrogen) atoms. The number of nitrogens with one attached hydrogen (secondary N) is 1. The molecule has 5 nitrogen and oxygen atoms in total. The lowest BCUT2D eigenvalue weighted by Gasteiger charge is -2.05. The average Bonchev–Trinajstić information content (AvgIpc) is 2.94. The van der Waals surface area contributed by atoms with Crippen molar-refractivity contribution >= 4 is 34.6 Å². The SMILES string of the molecule is COc1ccc(/C=C2\SC(=Nc3cc(C)ccc3OC)NC2=O)cc1C. The van der Waals surface area contributed by atoms with Crippen molar-refractivity contribution in [1.82, 2.24) is 5.32 Å². The van der Waals surface area contributed by atoms with Crippen molar-refractivity contribution in [2.24, 2.45) is 4.99 Å². The molecule has 134 valence electrons. The van der Waals surface area contributed by atoms with Crippen molar-refractivity contribution in [2.45, 2.75) is 13.8 Å². The highest BCUT2D eigenvalue weighted by molar-refractivity contribution is 8.18. The predicted octanol–water partition coefficient (Wildman–Crippen LogP) is 4.21. The Hall–Kier alpha value is -2.73. The van der Waals surface area contributed by atoms with Gasteiger partial charge in [0.05, 0.1) is 19.1 Å². The van der Waals surface area contributed by atoms with E-state index in [9.17, 15) is 4.79 Å². The number of rotatable bonds is 4. The lowest BCUT2D eigenvalue weighted by atomic mass is 10.1. The Balaban J connectivity index is 1.87. The maximum atomic E-state index is 12.3. The molecular formula is C20H20N2O3S. The quantitative estimate of drug-likeness (QED) is 0.821. The lowest BCUT2D eigenvalue weighted by molar-refractivity contribution is -0.115.